The average Bonchev–Trinajstić information content (AvgIpc) is 2.59. The van der Waals surface area contributed by atoms with Crippen LogP contribution in [0.4, 0.5) is 0 Å². The van der Waals surface area contributed by atoms with Crippen LogP contribution in [0, 0.1) is 5.92 Å². The third kappa shape index (κ3) is 4.69. The Bertz CT molecular complexity index is 403. The van der Waals surface area contributed by atoms with Crippen molar-refractivity contribution in [3.8, 4) is 0 Å². The molecule has 2 aliphatic heterocycles. The van der Waals surface area contributed by atoms with E-state index in [-0.39, 0.29) is 5.75 Å². The van der Waals surface area contributed by atoms with Crippen molar-refractivity contribution < 1.29 is 13.5 Å². The molecule has 0 radical (unpaired) electrons. The van der Waals surface area contributed by atoms with Crippen molar-refractivity contribution in [2.45, 2.75) is 51.0 Å². The highest BCUT2D eigenvalue weighted by Crippen LogP contribution is 2.24. The van der Waals surface area contributed by atoms with E-state index in [0.29, 0.717) is 31.8 Å². The Morgan fingerprint density at radius 1 is 1.25 bits per heavy atom. The summed E-state index contributed by atoms with van der Waals surface area (Å²) < 4.78 is 26.4. The zero-order chi connectivity index (χ0) is 14.6. The van der Waals surface area contributed by atoms with Crippen molar-refractivity contribution in [3.63, 3.8) is 0 Å². The lowest BCUT2D eigenvalue weighted by Crippen LogP contribution is -2.36. The lowest BCUT2D eigenvalue weighted by atomic mass is 9.96. The van der Waals surface area contributed by atoms with Crippen molar-refractivity contribution in [3.05, 3.63) is 0 Å². The predicted molar refractivity (Wildman–Crippen MR) is 80.0 cm³/mol. The fourth-order valence-corrected chi connectivity index (χ4v) is 4.80. The second kappa shape index (κ2) is 6.73. The Hall–Kier alpha value is -0.170. The van der Waals surface area contributed by atoms with Gasteiger partial charge in [0, 0.05) is 13.1 Å². The molecule has 0 aromatic heterocycles. The smallest absolute Gasteiger partial charge is 0.214 e. The molecule has 1 atom stereocenters. The molecule has 118 valence electrons. The minimum atomic E-state index is -3.15. The summed E-state index contributed by atoms with van der Waals surface area (Å²) >= 11 is 0. The molecular weight excluding hydrogens is 276 g/mol. The van der Waals surface area contributed by atoms with Gasteiger partial charge in [-0.05, 0) is 64.5 Å². The van der Waals surface area contributed by atoms with E-state index in [1.54, 1.807) is 11.2 Å². The number of nitrogens with one attached hydrogen (secondary N) is 1. The maximum atomic E-state index is 12.4. The van der Waals surface area contributed by atoms with E-state index in [9.17, 15) is 13.5 Å². The first-order valence-electron chi connectivity index (χ1n) is 7.80. The first-order chi connectivity index (χ1) is 9.39. The van der Waals surface area contributed by atoms with Crippen LogP contribution in [0.25, 0.3) is 0 Å². The predicted octanol–water partition coefficient (Wildman–Crippen LogP) is 0.943. The molecule has 2 N–H and O–H groups in total. The van der Waals surface area contributed by atoms with Gasteiger partial charge in [-0.15, -0.1) is 0 Å². The van der Waals surface area contributed by atoms with Gasteiger partial charge in [-0.25, -0.2) is 12.7 Å². The van der Waals surface area contributed by atoms with Crippen LogP contribution in [0.3, 0.4) is 0 Å². The monoisotopic (exact) mass is 304 g/mol. The molecule has 2 saturated heterocycles. The summed E-state index contributed by atoms with van der Waals surface area (Å²) in [4.78, 5) is 0. The second-order valence-electron chi connectivity index (χ2n) is 6.55. The summed E-state index contributed by atoms with van der Waals surface area (Å²) in [5.41, 5.74) is -0.709. The van der Waals surface area contributed by atoms with Crippen molar-refractivity contribution >= 4 is 10.0 Å². The minimum Gasteiger partial charge on any atom is -0.390 e. The Labute approximate surface area is 122 Å². The van der Waals surface area contributed by atoms with Gasteiger partial charge in [0.2, 0.25) is 10.0 Å². The molecule has 0 bridgehead atoms. The summed E-state index contributed by atoms with van der Waals surface area (Å²) in [6.45, 7) is 4.85. The third-order valence-corrected chi connectivity index (χ3v) is 6.56. The van der Waals surface area contributed by atoms with Crippen LogP contribution in [-0.4, -0.2) is 55.4 Å². The first-order valence-corrected chi connectivity index (χ1v) is 9.41. The zero-order valence-electron chi connectivity index (χ0n) is 12.5. The highest BCUT2D eigenvalue weighted by atomic mass is 32.2. The number of piperidine rings is 1. The summed E-state index contributed by atoms with van der Waals surface area (Å²) in [6, 6.07) is 0. The van der Waals surface area contributed by atoms with E-state index < -0.39 is 15.6 Å². The van der Waals surface area contributed by atoms with Crippen molar-refractivity contribution in [1.82, 2.24) is 9.62 Å². The van der Waals surface area contributed by atoms with Gasteiger partial charge in [0.25, 0.3) is 0 Å². The maximum Gasteiger partial charge on any atom is 0.214 e. The van der Waals surface area contributed by atoms with E-state index in [2.05, 4.69) is 5.32 Å². The Balaban J connectivity index is 1.85. The van der Waals surface area contributed by atoms with Gasteiger partial charge in [0.1, 0.15) is 0 Å². The van der Waals surface area contributed by atoms with Crippen molar-refractivity contribution in [1.29, 1.82) is 0 Å². The van der Waals surface area contributed by atoms with E-state index in [4.69, 9.17) is 0 Å². The molecule has 0 saturated carbocycles. The minimum absolute atomic E-state index is 0.264. The summed E-state index contributed by atoms with van der Waals surface area (Å²) in [7, 11) is -3.15. The van der Waals surface area contributed by atoms with Gasteiger partial charge < -0.3 is 10.4 Å². The van der Waals surface area contributed by atoms with E-state index in [0.717, 1.165) is 38.8 Å². The van der Waals surface area contributed by atoms with Crippen LogP contribution >= 0.6 is 0 Å². The van der Waals surface area contributed by atoms with Gasteiger partial charge in [-0.2, -0.15) is 0 Å². The standard InChI is InChI=1S/C14H28N2O3S/c1-14(17)6-2-10-16(11-7-14)20(18,19)12-5-13-3-8-15-9-4-13/h13,15,17H,2-12H2,1H3. The average molecular weight is 304 g/mol. The SMILES string of the molecule is CC1(O)CCCN(S(=O)(=O)CCC2CCNCC2)CC1. The van der Waals surface area contributed by atoms with Crippen LogP contribution in [-0.2, 0) is 10.0 Å². The zero-order valence-corrected chi connectivity index (χ0v) is 13.3. The molecule has 6 heteroatoms. The number of hydrogen-bond donors (Lipinski definition) is 2. The van der Waals surface area contributed by atoms with Crippen molar-refractivity contribution in [2.75, 3.05) is 31.9 Å². The molecule has 0 aromatic rings. The molecule has 2 rings (SSSR count). The summed E-state index contributed by atoms with van der Waals surface area (Å²) in [6.07, 6.45) is 4.93. The highest BCUT2D eigenvalue weighted by molar-refractivity contribution is 7.89. The Kier molecular flexibility index (Phi) is 5.45. The topological polar surface area (TPSA) is 69.6 Å². The van der Waals surface area contributed by atoms with Crippen LogP contribution in [0.2, 0.25) is 0 Å². The lowest BCUT2D eigenvalue weighted by molar-refractivity contribution is 0.0465. The van der Waals surface area contributed by atoms with Gasteiger partial charge in [-0.3, -0.25) is 0 Å². The molecule has 2 aliphatic rings. The summed E-state index contributed by atoms with van der Waals surface area (Å²) in [5.74, 6) is 0.806. The fourth-order valence-electron chi connectivity index (χ4n) is 3.13. The maximum absolute atomic E-state index is 12.4. The molecule has 0 amide bonds. The van der Waals surface area contributed by atoms with Gasteiger partial charge in [0.05, 0.1) is 11.4 Å². The number of rotatable bonds is 4. The van der Waals surface area contributed by atoms with Crippen molar-refractivity contribution in [2.24, 2.45) is 5.92 Å². The highest BCUT2D eigenvalue weighted by Gasteiger charge is 2.30. The van der Waals surface area contributed by atoms with Crippen LogP contribution in [0.1, 0.15) is 45.4 Å². The molecule has 2 heterocycles. The first kappa shape index (κ1) is 16.2. The van der Waals surface area contributed by atoms with E-state index >= 15 is 0 Å². The Morgan fingerprint density at radius 2 is 1.95 bits per heavy atom. The number of hydrogen-bond acceptors (Lipinski definition) is 4. The van der Waals surface area contributed by atoms with Gasteiger partial charge in [-0.1, -0.05) is 0 Å². The molecule has 2 fully saturated rings. The van der Waals surface area contributed by atoms with E-state index in [1.165, 1.54) is 0 Å². The van der Waals surface area contributed by atoms with Gasteiger partial charge >= 0.3 is 0 Å². The fraction of sp³-hybridized carbons (Fsp3) is 1.00. The van der Waals surface area contributed by atoms with Crippen LogP contribution in [0.15, 0.2) is 0 Å². The van der Waals surface area contributed by atoms with Crippen LogP contribution in [0.5, 0.6) is 0 Å². The van der Waals surface area contributed by atoms with Crippen LogP contribution < -0.4 is 5.32 Å². The number of sulfonamides is 1. The largest absolute Gasteiger partial charge is 0.390 e. The molecule has 20 heavy (non-hydrogen) atoms. The number of nitrogens with zero attached hydrogens (tertiary/aromatic N) is 1. The van der Waals surface area contributed by atoms with Gasteiger partial charge in [0.15, 0.2) is 0 Å². The molecule has 0 aliphatic carbocycles. The number of aliphatic hydroxyl groups is 1. The normalized spacial score (nSPS) is 31.1. The van der Waals surface area contributed by atoms with E-state index in [1.807, 2.05) is 0 Å². The molecule has 1 unspecified atom stereocenters. The summed E-state index contributed by atoms with van der Waals surface area (Å²) in [5, 5.41) is 13.3. The lowest BCUT2D eigenvalue weighted by Gasteiger charge is -2.25. The molecular formula is C14H28N2O3S. The molecule has 5 nitrogen and oxygen atoms in total. The molecule has 0 aromatic carbocycles. The third-order valence-electron chi connectivity index (χ3n) is 4.66. The second-order valence-corrected chi connectivity index (χ2v) is 8.64. The Morgan fingerprint density at radius 3 is 2.65 bits per heavy atom. The quantitative estimate of drug-likeness (QED) is 0.811. The molecule has 0 spiro atoms.